The highest BCUT2D eigenvalue weighted by molar-refractivity contribution is 7.87. The molecule has 0 radical (unpaired) electrons. The summed E-state index contributed by atoms with van der Waals surface area (Å²) in [5, 5.41) is 0.852. The van der Waals surface area contributed by atoms with Crippen molar-refractivity contribution in [1.82, 2.24) is 4.90 Å². The second-order valence-corrected chi connectivity index (χ2v) is 16.6. The first-order valence-corrected chi connectivity index (χ1v) is 15.8. The van der Waals surface area contributed by atoms with Gasteiger partial charge in [0.2, 0.25) is 0 Å². The number of carbonyl (C=O) groups excluding carboxylic acids is 1. The molecule has 0 saturated carbocycles. The molecule has 2 aromatic carbocycles. The Morgan fingerprint density at radius 2 is 1.46 bits per heavy atom. The lowest BCUT2D eigenvalue weighted by Gasteiger charge is -2.42. The number of carbonyl (C=O) groups is 1. The molecule has 1 amide bonds. The lowest BCUT2D eigenvalue weighted by molar-refractivity contribution is -0.0523. The third-order valence-corrected chi connectivity index (χ3v) is 12.2. The topological polar surface area (TPSA) is 93.1 Å². The summed E-state index contributed by atoms with van der Waals surface area (Å²) in [5.74, 6) is -0.514. The van der Waals surface area contributed by atoms with Crippen LogP contribution in [0.25, 0.3) is 0 Å². The average molecular weight is 586 g/mol. The molecule has 0 fully saturated rings. The lowest BCUT2D eigenvalue weighted by atomic mass is 10.0. The van der Waals surface area contributed by atoms with Crippen LogP contribution >= 0.6 is 0 Å². The van der Waals surface area contributed by atoms with Gasteiger partial charge in [-0.25, -0.2) is 4.79 Å². The van der Waals surface area contributed by atoms with Crippen LogP contribution in [0.3, 0.4) is 0 Å². The van der Waals surface area contributed by atoms with E-state index < -0.39 is 59.0 Å². The Hall–Kier alpha value is -2.83. The molecule has 0 aliphatic carbocycles. The molecule has 1 aliphatic rings. The number of rotatable bonds is 8. The Morgan fingerprint density at radius 1 is 0.974 bits per heavy atom. The van der Waals surface area contributed by atoms with Gasteiger partial charge in [-0.1, -0.05) is 74.5 Å². The van der Waals surface area contributed by atoms with Crippen LogP contribution in [0.2, 0.25) is 5.04 Å². The number of ether oxygens (including phenoxy) is 1. The summed E-state index contributed by atoms with van der Waals surface area (Å²) >= 11 is 0. The fourth-order valence-electron chi connectivity index (χ4n) is 4.64. The van der Waals surface area contributed by atoms with Gasteiger partial charge in [-0.15, -0.1) is 0 Å². The molecule has 1 N–H and O–H groups in total. The van der Waals surface area contributed by atoms with E-state index in [1.54, 1.807) is 20.8 Å². The van der Waals surface area contributed by atoms with E-state index in [-0.39, 0.29) is 6.42 Å². The minimum atomic E-state index is -5.91. The molecular weight excluding hydrogens is 551 g/mol. The van der Waals surface area contributed by atoms with Crippen LogP contribution < -0.4 is 10.4 Å². The quantitative estimate of drug-likeness (QED) is 0.275. The van der Waals surface area contributed by atoms with Crippen LogP contribution in [0.1, 0.15) is 47.5 Å². The van der Waals surface area contributed by atoms with Gasteiger partial charge in [0.15, 0.2) is 0 Å². The van der Waals surface area contributed by atoms with E-state index in [1.165, 1.54) is 6.08 Å². The standard InChI is InChI=1S/C27H34F3NO6SSi/c1-25(2,3)36-24(32)31-19-21(37-38(33,34)27(28,29)30)18-20(31)16-17-26(4,5)39(35,22-12-8-6-9-13-22)23-14-10-7-11-15-23/h6-15,18,20,35H,16-17,19H2,1-5H3/t20-/m1/s1. The zero-order valence-electron chi connectivity index (χ0n) is 22.5. The number of benzene rings is 2. The van der Waals surface area contributed by atoms with E-state index in [0.717, 1.165) is 15.3 Å². The number of hydrogen-bond donors (Lipinski definition) is 1. The van der Waals surface area contributed by atoms with Crippen LogP contribution in [-0.4, -0.2) is 56.2 Å². The molecule has 12 heteroatoms. The highest BCUT2D eigenvalue weighted by Crippen LogP contribution is 2.41. The predicted molar refractivity (Wildman–Crippen MR) is 144 cm³/mol. The molecule has 0 spiro atoms. The molecule has 3 rings (SSSR count). The molecule has 0 unspecified atom stereocenters. The van der Waals surface area contributed by atoms with Crippen molar-refractivity contribution in [3.8, 4) is 0 Å². The smallest absolute Gasteiger partial charge is 0.444 e. The van der Waals surface area contributed by atoms with Crippen LogP contribution in [0, 0.1) is 0 Å². The number of amides is 1. The third kappa shape index (κ3) is 6.85. The molecule has 0 aromatic heterocycles. The second-order valence-electron chi connectivity index (χ2n) is 11.2. The minimum absolute atomic E-state index is 0.208. The average Bonchev–Trinajstić information content (AvgIpc) is 3.24. The van der Waals surface area contributed by atoms with Gasteiger partial charge in [0, 0.05) is 0 Å². The summed E-state index contributed by atoms with van der Waals surface area (Å²) in [4.78, 5) is 26.5. The minimum Gasteiger partial charge on any atom is -0.444 e. The summed E-state index contributed by atoms with van der Waals surface area (Å²) in [6.45, 7) is 8.26. The van der Waals surface area contributed by atoms with E-state index in [0.29, 0.717) is 6.42 Å². The maximum Gasteiger partial charge on any atom is 0.534 e. The van der Waals surface area contributed by atoms with Crippen LogP contribution in [-0.2, 0) is 19.0 Å². The van der Waals surface area contributed by atoms with E-state index in [1.807, 2.05) is 74.5 Å². The van der Waals surface area contributed by atoms with Gasteiger partial charge >= 0.3 is 21.7 Å². The molecular formula is C27H34F3NO6SSi. The molecule has 39 heavy (non-hydrogen) atoms. The summed E-state index contributed by atoms with van der Waals surface area (Å²) in [6.07, 6.45) is 0.942. The van der Waals surface area contributed by atoms with Crippen molar-refractivity contribution in [3.05, 3.63) is 72.5 Å². The maximum absolute atomic E-state index is 13.0. The third-order valence-electron chi connectivity index (χ3n) is 6.66. The van der Waals surface area contributed by atoms with Crippen LogP contribution in [0.15, 0.2) is 72.5 Å². The van der Waals surface area contributed by atoms with Gasteiger partial charge in [-0.2, -0.15) is 21.6 Å². The van der Waals surface area contributed by atoms with Gasteiger partial charge in [0.1, 0.15) is 11.4 Å². The molecule has 7 nitrogen and oxygen atoms in total. The number of alkyl halides is 3. The van der Waals surface area contributed by atoms with Crippen molar-refractivity contribution >= 4 is 34.9 Å². The zero-order chi connectivity index (χ0) is 29.3. The Bertz CT molecular complexity index is 1250. The second kappa shape index (κ2) is 11.0. The molecule has 2 aromatic rings. The van der Waals surface area contributed by atoms with Crippen molar-refractivity contribution in [1.29, 1.82) is 0 Å². The molecule has 214 valence electrons. The van der Waals surface area contributed by atoms with Gasteiger partial charge in [0.25, 0.3) is 8.32 Å². The normalized spacial score (nSPS) is 17.1. The van der Waals surface area contributed by atoms with Crippen molar-refractivity contribution < 1.29 is 40.1 Å². The number of halogens is 3. The first-order chi connectivity index (χ1) is 17.9. The first-order valence-electron chi connectivity index (χ1n) is 12.4. The van der Waals surface area contributed by atoms with Crippen LogP contribution in [0.5, 0.6) is 0 Å². The Kier molecular flexibility index (Phi) is 8.64. The molecule has 0 bridgehead atoms. The largest absolute Gasteiger partial charge is 0.534 e. The Balaban J connectivity index is 1.94. The molecule has 1 atom stereocenters. The van der Waals surface area contributed by atoms with Crippen molar-refractivity contribution in [3.63, 3.8) is 0 Å². The highest BCUT2D eigenvalue weighted by Gasteiger charge is 2.51. The zero-order valence-corrected chi connectivity index (χ0v) is 24.3. The summed E-state index contributed by atoms with van der Waals surface area (Å²) in [7, 11) is -9.31. The summed E-state index contributed by atoms with van der Waals surface area (Å²) in [5.41, 5.74) is -6.51. The van der Waals surface area contributed by atoms with Gasteiger partial charge in [-0.3, -0.25) is 4.90 Å². The van der Waals surface area contributed by atoms with E-state index in [4.69, 9.17) is 4.74 Å². The molecule has 1 aliphatic heterocycles. The van der Waals surface area contributed by atoms with E-state index in [9.17, 15) is 31.2 Å². The predicted octanol–water partition coefficient (Wildman–Crippen LogP) is 4.67. The molecule has 0 saturated heterocycles. The Morgan fingerprint density at radius 3 is 1.90 bits per heavy atom. The summed E-state index contributed by atoms with van der Waals surface area (Å²) < 4.78 is 71.9. The Labute approximate surface area is 228 Å². The lowest BCUT2D eigenvalue weighted by Crippen LogP contribution is -2.65. The number of nitrogens with zero attached hydrogens (tertiary/aromatic N) is 1. The first kappa shape index (κ1) is 30.7. The van der Waals surface area contributed by atoms with Gasteiger partial charge in [0.05, 0.1) is 12.6 Å². The monoisotopic (exact) mass is 585 g/mol. The van der Waals surface area contributed by atoms with Gasteiger partial charge in [-0.05, 0) is 55.1 Å². The van der Waals surface area contributed by atoms with E-state index in [2.05, 4.69) is 4.18 Å². The highest BCUT2D eigenvalue weighted by atomic mass is 32.2. The van der Waals surface area contributed by atoms with Crippen molar-refractivity contribution in [2.24, 2.45) is 0 Å². The van der Waals surface area contributed by atoms with Crippen molar-refractivity contribution in [2.75, 3.05) is 6.54 Å². The van der Waals surface area contributed by atoms with Gasteiger partial charge < -0.3 is 13.7 Å². The summed E-state index contributed by atoms with van der Waals surface area (Å²) in [6, 6.07) is 17.8. The molecule has 1 heterocycles. The van der Waals surface area contributed by atoms with E-state index >= 15 is 0 Å². The maximum atomic E-state index is 13.0. The van der Waals surface area contributed by atoms with Crippen LogP contribution in [0.4, 0.5) is 18.0 Å². The van der Waals surface area contributed by atoms with Crippen molar-refractivity contribution in [2.45, 2.75) is 69.6 Å². The number of hydrogen-bond acceptors (Lipinski definition) is 6. The fraction of sp³-hybridized carbons (Fsp3) is 0.444. The SMILES string of the molecule is CC(C)(C)OC(=O)N1CC(OS(=O)(=O)C(F)(F)F)=C[C@H]1CCC(C)(C)[Si](O)(c1ccccc1)c1ccccc1. The fourth-order valence-corrected chi connectivity index (χ4v) is 8.88.